The van der Waals surface area contributed by atoms with Crippen LogP contribution in [0.15, 0.2) is 200 Å². The smallest absolute Gasteiger partial charge is 0.434 e. The number of nitrogens with zero attached hydrogens (tertiary/aromatic N) is 2. The fourth-order valence-electron chi connectivity index (χ4n) is 9.82. The molecule has 2 aliphatic rings. The molecule has 4 nitrogen and oxygen atoms in total. The van der Waals surface area contributed by atoms with Gasteiger partial charge in [0.05, 0.1) is 27.8 Å². The third kappa shape index (κ3) is 4.73. The summed E-state index contributed by atoms with van der Waals surface area (Å²) in [6.45, 7) is -0.317. The lowest BCUT2D eigenvalue weighted by atomic mass is 9.50. The largest absolute Gasteiger partial charge is 0.551 e. The molecule has 0 spiro atoms. The van der Waals surface area contributed by atoms with Crippen LogP contribution in [0.4, 0.5) is 0 Å². The van der Waals surface area contributed by atoms with Crippen LogP contribution in [-0.2, 0) is 0 Å². The van der Waals surface area contributed by atoms with Crippen molar-refractivity contribution in [3.63, 3.8) is 0 Å². The monoisotopic (exact) mass is 752 g/mol. The Labute approximate surface area is 340 Å². The Morgan fingerprint density at radius 2 is 0.915 bits per heavy atom. The molecule has 0 bridgehead atoms. The molecule has 0 N–H and O–H groups in total. The first-order valence-electron chi connectivity index (χ1n) is 20.2. The van der Waals surface area contributed by atoms with Crippen LogP contribution in [0.25, 0.3) is 88.4 Å². The predicted octanol–water partition coefficient (Wildman–Crippen LogP) is 12.5. The highest BCUT2D eigenvalue weighted by Crippen LogP contribution is 2.43. The molecule has 0 radical (unpaired) electrons. The summed E-state index contributed by atoms with van der Waals surface area (Å²) in [6, 6.07) is 71.7. The maximum atomic E-state index is 7.06. The first-order chi connectivity index (χ1) is 29.3. The molecule has 2 aromatic heterocycles. The molecule has 0 saturated carbocycles. The molecule has 11 aromatic rings. The molecule has 0 unspecified atom stereocenters. The van der Waals surface area contributed by atoms with Gasteiger partial charge in [-0.25, -0.2) is 0 Å². The van der Waals surface area contributed by atoms with Crippen molar-refractivity contribution >= 4 is 61.5 Å². The number of benzene rings is 9. The fourth-order valence-corrected chi connectivity index (χ4v) is 9.82. The van der Waals surface area contributed by atoms with Crippen LogP contribution in [0, 0.1) is 0 Å². The second-order valence-corrected chi connectivity index (χ2v) is 15.6. The van der Waals surface area contributed by atoms with Gasteiger partial charge in [0.2, 0.25) is 0 Å². The third-order valence-corrected chi connectivity index (χ3v) is 12.4. The van der Waals surface area contributed by atoms with Crippen molar-refractivity contribution in [1.82, 2.24) is 9.13 Å². The van der Waals surface area contributed by atoms with Gasteiger partial charge in [-0.2, -0.15) is 0 Å². The van der Waals surface area contributed by atoms with E-state index in [0.717, 1.165) is 72.9 Å². The average Bonchev–Trinajstić information content (AvgIpc) is 3.82. The lowest BCUT2D eigenvalue weighted by Gasteiger charge is -2.33. The van der Waals surface area contributed by atoms with Gasteiger partial charge >= 0.3 is 6.92 Å². The van der Waals surface area contributed by atoms with E-state index < -0.39 is 0 Å². The topological polar surface area (TPSA) is 28.3 Å². The zero-order valence-corrected chi connectivity index (χ0v) is 31.8. The van der Waals surface area contributed by atoms with Gasteiger partial charge in [-0.1, -0.05) is 133 Å². The number of hydrogen-bond acceptors (Lipinski definition) is 2. The number of fused-ring (bicyclic) bond motifs is 10. The lowest BCUT2D eigenvalue weighted by molar-refractivity contribution is 0.479. The summed E-state index contributed by atoms with van der Waals surface area (Å²) in [5.74, 6) is 2.52. The molecule has 0 aliphatic carbocycles. The van der Waals surface area contributed by atoms with Gasteiger partial charge in [-0.05, 0) is 89.0 Å². The molecule has 0 saturated heterocycles. The molecule has 274 valence electrons. The lowest BCUT2D eigenvalue weighted by Crippen LogP contribution is -2.53. The van der Waals surface area contributed by atoms with Crippen molar-refractivity contribution in [2.75, 3.05) is 0 Å². The summed E-state index contributed by atoms with van der Waals surface area (Å²) in [5, 5.41) is 5.00. The van der Waals surface area contributed by atoms with E-state index >= 15 is 0 Å². The van der Waals surface area contributed by atoms with Crippen molar-refractivity contribution in [1.29, 1.82) is 0 Å². The van der Waals surface area contributed by atoms with Crippen LogP contribution in [0.5, 0.6) is 17.2 Å². The Balaban J connectivity index is 0.908. The van der Waals surface area contributed by atoms with Crippen molar-refractivity contribution in [3.8, 4) is 62.0 Å². The molecular formula is C54H33BN2O2. The normalized spacial score (nSPS) is 12.6. The molecule has 59 heavy (non-hydrogen) atoms. The van der Waals surface area contributed by atoms with Gasteiger partial charge in [-0.3, -0.25) is 0 Å². The first kappa shape index (κ1) is 32.3. The molecular weight excluding hydrogens is 719 g/mol. The van der Waals surface area contributed by atoms with Gasteiger partial charge in [0.25, 0.3) is 0 Å². The zero-order valence-electron chi connectivity index (χ0n) is 31.8. The molecule has 13 rings (SSSR count). The Morgan fingerprint density at radius 3 is 1.63 bits per heavy atom. The maximum Gasteiger partial charge on any atom is 0.434 e. The standard InChI is InChI=1S/C54H33BN2O2/c1-6-21-46(57-49-24-9-4-18-41(49)42-19-5-10-25-50(42)57)38(15-1)36-28-30-52-45(33-36)55-54-43(20-12-26-53(54)58-52)44-32-35(27-29-51(44)59-55)34-13-11-14-37(31-34)56-47-22-7-2-16-39(47)40-17-3-8-23-48(40)56/h1-33H. The van der Waals surface area contributed by atoms with Crippen LogP contribution >= 0.6 is 0 Å². The van der Waals surface area contributed by atoms with E-state index in [0.29, 0.717) is 0 Å². The van der Waals surface area contributed by atoms with Crippen molar-refractivity contribution < 1.29 is 9.39 Å². The SMILES string of the molecule is c1cc(-c2ccc3c(c2)-c2cccc4c2B(O3)c2cc(-c3ccccc3-n3c5ccccc5c5ccccc53)ccc2O4)cc(-n2c3ccccc3c3ccccc32)c1. The predicted molar refractivity (Wildman–Crippen MR) is 244 cm³/mol. The average molecular weight is 753 g/mol. The van der Waals surface area contributed by atoms with Gasteiger partial charge in [0.15, 0.2) is 0 Å². The summed E-state index contributed by atoms with van der Waals surface area (Å²) < 4.78 is 18.5. The molecule has 9 aromatic carbocycles. The van der Waals surface area contributed by atoms with E-state index in [4.69, 9.17) is 9.39 Å². The highest BCUT2D eigenvalue weighted by atomic mass is 16.5. The fraction of sp³-hybridized carbons (Fsp3) is 0. The minimum atomic E-state index is -0.317. The minimum Gasteiger partial charge on any atom is -0.551 e. The van der Waals surface area contributed by atoms with E-state index in [1.54, 1.807) is 0 Å². The summed E-state index contributed by atoms with van der Waals surface area (Å²) >= 11 is 0. The maximum absolute atomic E-state index is 7.06. The third-order valence-electron chi connectivity index (χ3n) is 12.4. The second-order valence-electron chi connectivity index (χ2n) is 15.6. The number of para-hydroxylation sites is 5. The van der Waals surface area contributed by atoms with Crippen LogP contribution in [-0.4, -0.2) is 16.0 Å². The highest BCUT2D eigenvalue weighted by Gasteiger charge is 2.41. The quantitative estimate of drug-likeness (QED) is 0.168. The van der Waals surface area contributed by atoms with Gasteiger partial charge < -0.3 is 18.5 Å². The minimum absolute atomic E-state index is 0.317. The van der Waals surface area contributed by atoms with Gasteiger partial charge in [0, 0.05) is 49.3 Å². The summed E-state index contributed by atoms with van der Waals surface area (Å²) in [5.41, 5.74) is 15.9. The summed E-state index contributed by atoms with van der Waals surface area (Å²) in [7, 11) is 0. The van der Waals surface area contributed by atoms with Crippen molar-refractivity contribution in [2.24, 2.45) is 0 Å². The Bertz CT molecular complexity index is 3430. The molecule has 0 fully saturated rings. The summed E-state index contributed by atoms with van der Waals surface area (Å²) in [4.78, 5) is 0. The molecule has 2 aliphatic heterocycles. The van der Waals surface area contributed by atoms with Crippen LogP contribution in [0.3, 0.4) is 0 Å². The van der Waals surface area contributed by atoms with Gasteiger partial charge in [-0.15, -0.1) is 0 Å². The molecule has 0 atom stereocenters. The Hall–Kier alpha value is -7.76. The molecule has 4 heterocycles. The Morgan fingerprint density at radius 1 is 0.356 bits per heavy atom. The number of ether oxygens (including phenoxy) is 1. The second kappa shape index (κ2) is 12.4. The van der Waals surface area contributed by atoms with Crippen molar-refractivity contribution in [3.05, 3.63) is 200 Å². The van der Waals surface area contributed by atoms with E-state index in [1.165, 1.54) is 43.6 Å². The van der Waals surface area contributed by atoms with Crippen LogP contribution in [0.2, 0.25) is 0 Å². The van der Waals surface area contributed by atoms with Crippen LogP contribution < -0.4 is 20.3 Å². The number of rotatable bonds is 4. The molecule has 5 heteroatoms. The van der Waals surface area contributed by atoms with E-state index in [-0.39, 0.29) is 6.92 Å². The van der Waals surface area contributed by atoms with Crippen molar-refractivity contribution in [2.45, 2.75) is 0 Å². The highest BCUT2D eigenvalue weighted by molar-refractivity contribution is 6.84. The Kier molecular flexibility index (Phi) is 6.78. The molecule has 0 amide bonds. The zero-order chi connectivity index (χ0) is 38.6. The van der Waals surface area contributed by atoms with Crippen LogP contribution in [0.1, 0.15) is 0 Å². The number of aromatic nitrogens is 2. The first-order valence-corrected chi connectivity index (χ1v) is 20.2. The van der Waals surface area contributed by atoms with E-state index in [2.05, 4.69) is 209 Å². The van der Waals surface area contributed by atoms with Gasteiger partial charge in [0.1, 0.15) is 17.2 Å². The number of hydrogen-bond donors (Lipinski definition) is 0. The summed E-state index contributed by atoms with van der Waals surface area (Å²) in [6.07, 6.45) is 0. The van der Waals surface area contributed by atoms with E-state index in [1.807, 2.05) is 0 Å². The van der Waals surface area contributed by atoms with E-state index in [9.17, 15) is 0 Å².